The predicted molar refractivity (Wildman–Crippen MR) is 139 cm³/mol. The van der Waals surface area contributed by atoms with Crippen LogP contribution in [0.4, 0.5) is 0 Å². The fraction of sp³-hybridized carbons (Fsp3) is 0.300. The van der Waals surface area contributed by atoms with E-state index in [1.165, 1.54) is 5.56 Å². The van der Waals surface area contributed by atoms with Crippen molar-refractivity contribution in [2.75, 3.05) is 0 Å². The number of nitrogens with zero attached hydrogens (tertiary/aromatic N) is 2. The summed E-state index contributed by atoms with van der Waals surface area (Å²) in [4.78, 5) is 24.5. The van der Waals surface area contributed by atoms with Crippen LogP contribution in [0, 0.1) is 11.3 Å². The van der Waals surface area contributed by atoms with Gasteiger partial charge in [-0.3, -0.25) is 14.3 Å². The molecule has 0 saturated heterocycles. The number of rotatable bonds is 6. The summed E-state index contributed by atoms with van der Waals surface area (Å²) in [5, 5.41) is 17.9. The Bertz CT molecular complexity index is 1430. The number of carboxylic acids is 1. The van der Waals surface area contributed by atoms with E-state index in [9.17, 15) is 9.59 Å². The van der Waals surface area contributed by atoms with E-state index in [0.717, 1.165) is 47.7 Å². The zero-order chi connectivity index (χ0) is 24.9. The summed E-state index contributed by atoms with van der Waals surface area (Å²) in [5.74, 6) is -1.01. The van der Waals surface area contributed by atoms with Gasteiger partial charge in [-0.15, -0.1) is 0 Å². The molecule has 1 atom stereocenters. The van der Waals surface area contributed by atoms with E-state index >= 15 is 0 Å². The van der Waals surface area contributed by atoms with E-state index < -0.39 is 5.97 Å². The van der Waals surface area contributed by atoms with Crippen molar-refractivity contribution in [2.24, 2.45) is 11.3 Å². The number of nitrogens with one attached hydrogen (secondary N) is 1. The van der Waals surface area contributed by atoms with Crippen LogP contribution in [0.2, 0.25) is 0 Å². The standard InChI is InChI=1S/C30H29N3O3/c1-19(20-10-12-22(13-11-20)21-6-3-2-4-7-21)33-27-23(18-31-33)8-5-9-26(27)28(34)32-25-16-30(17-25)14-24(15-30)29(35)36/h2-13,18-19,24-25H,14-17H2,1H3,(H,32,34)(H,35,36)/t19-,24?,25?,30?/m1/s1. The highest BCUT2D eigenvalue weighted by atomic mass is 16.4. The Labute approximate surface area is 210 Å². The summed E-state index contributed by atoms with van der Waals surface area (Å²) < 4.78 is 1.94. The van der Waals surface area contributed by atoms with E-state index in [1.54, 1.807) is 0 Å². The lowest BCUT2D eigenvalue weighted by molar-refractivity contribution is -0.155. The van der Waals surface area contributed by atoms with Crippen LogP contribution in [0.5, 0.6) is 0 Å². The van der Waals surface area contributed by atoms with Crippen LogP contribution in [0.25, 0.3) is 22.0 Å². The summed E-state index contributed by atoms with van der Waals surface area (Å²) in [7, 11) is 0. The second-order valence-corrected chi connectivity index (χ2v) is 10.5. The molecule has 1 aromatic heterocycles. The Hall–Kier alpha value is -3.93. The van der Waals surface area contributed by atoms with E-state index in [-0.39, 0.29) is 29.3 Å². The van der Waals surface area contributed by atoms with Crippen LogP contribution in [-0.2, 0) is 4.79 Å². The zero-order valence-corrected chi connectivity index (χ0v) is 20.2. The third-order valence-electron chi connectivity index (χ3n) is 8.13. The highest BCUT2D eigenvalue weighted by molar-refractivity contribution is 6.05. The van der Waals surface area contributed by atoms with Gasteiger partial charge >= 0.3 is 5.97 Å². The van der Waals surface area contributed by atoms with Crippen molar-refractivity contribution < 1.29 is 14.7 Å². The molecular weight excluding hydrogens is 450 g/mol. The van der Waals surface area contributed by atoms with Crippen molar-refractivity contribution in [1.29, 1.82) is 0 Å². The first-order valence-electron chi connectivity index (χ1n) is 12.6. The number of carboxylic acid groups (broad SMARTS) is 1. The average Bonchev–Trinajstić information content (AvgIpc) is 3.29. The molecule has 1 amide bonds. The summed E-state index contributed by atoms with van der Waals surface area (Å²) in [6.45, 7) is 2.10. The van der Waals surface area contributed by atoms with E-state index in [2.05, 4.69) is 53.7 Å². The molecule has 6 nitrogen and oxygen atoms in total. The van der Waals surface area contributed by atoms with E-state index in [0.29, 0.717) is 5.56 Å². The number of hydrogen-bond donors (Lipinski definition) is 2. The van der Waals surface area contributed by atoms with Gasteiger partial charge in [-0.2, -0.15) is 5.10 Å². The Morgan fingerprint density at radius 2 is 1.64 bits per heavy atom. The number of benzene rings is 3. The SMILES string of the molecule is C[C@H](c1ccc(-c2ccccc2)cc1)n1ncc2cccc(C(=O)NC3CC4(C3)CC(C(=O)O)C4)c21. The number of aromatic nitrogens is 2. The maximum atomic E-state index is 13.3. The lowest BCUT2D eigenvalue weighted by Gasteiger charge is -2.56. The highest BCUT2D eigenvalue weighted by Gasteiger charge is 2.55. The van der Waals surface area contributed by atoms with Gasteiger partial charge in [-0.1, -0.05) is 66.7 Å². The molecule has 2 aliphatic carbocycles. The van der Waals surface area contributed by atoms with E-state index in [1.807, 2.05) is 47.3 Å². The lowest BCUT2D eigenvalue weighted by atomic mass is 9.50. The summed E-state index contributed by atoms with van der Waals surface area (Å²) in [6.07, 6.45) is 5.01. The zero-order valence-electron chi connectivity index (χ0n) is 20.2. The van der Waals surface area contributed by atoms with Crippen LogP contribution >= 0.6 is 0 Å². The minimum absolute atomic E-state index is 0.0452. The number of hydrogen-bond acceptors (Lipinski definition) is 3. The first-order chi connectivity index (χ1) is 17.4. The van der Waals surface area contributed by atoms with Crippen molar-refractivity contribution in [2.45, 2.75) is 44.7 Å². The first kappa shape index (κ1) is 22.5. The number of amides is 1. The van der Waals surface area contributed by atoms with Crippen LogP contribution in [0.3, 0.4) is 0 Å². The summed E-state index contributed by atoms with van der Waals surface area (Å²) >= 11 is 0. The monoisotopic (exact) mass is 479 g/mol. The molecule has 2 N–H and O–H groups in total. The van der Waals surface area contributed by atoms with Crippen molar-refractivity contribution >= 4 is 22.8 Å². The number of para-hydroxylation sites is 1. The Balaban J connectivity index is 1.20. The predicted octanol–water partition coefficient (Wildman–Crippen LogP) is 5.69. The molecule has 6 rings (SSSR count). The van der Waals surface area contributed by atoms with Gasteiger partial charge in [-0.05, 0) is 60.8 Å². The van der Waals surface area contributed by atoms with Gasteiger partial charge in [0.05, 0.1) is 29.2 Å². The number of carbonyl (C=O) groups is 2. The average molecular weight is 480 g/mol. The van der Waals surface area contributed by atoms with Crippen LogP contribution in [0.1, 0.15) is 54.6 Å². The van der Waals surface area contributed by atoms with Gasteiger partial charge in [0.15, 0.2) is 0 Å². The van der Waals surface area contributed by atoms with Crippen LogP contribution < -0.4 is 5.32 Å². The molecule has 36 heavy (non-hydrogen) atoms. The molecule has 182 valence electrons. The van der Waals surface area contributed by atoms with Crippen molar-refractivity contribution in [1.82, 2.24) is 15.1 Å². The minimum Gasteiger partial charge on any atom is -0.481 e. The van der Waals surface area contributed by atoms with Crippen molar-refractivity contribution in [3.63, 3.8) is 0 Å². The molecule has 1 spiro atoms. The minimum atomic E-state index is -0.697. The van der Waals surface area contributed by atoms with Gasteiger partial charge < -0.3 is 10.4 Å². The number of fused-ring (bicyclic) bond motifs is 1. The summed E-state index contributed by atoms with van der Waals surface area (Å²) in [5.41, 5.74) is 5.03. The molecule has 1 heterocycles. The third kappa shape index (κ3) is 3.87. The van der Waals surface area contributed by atoms with Crippen LogP contribution in [-0.4, -0.2) is 32.8 Å². The van der Waals surface area contributed by atoms with Gasteiger partial charge in [-0.25, -0.2) is 0 Å². The topological polar surface area (TPSA) is 84.2 Å². The molecule has 0 unspecified atom stereocenters. The smallest absolute Gasteiger partial charge is 0.306 e. The van der Waals surface area contributed by atoms with Gasteiger partial charge in [0.25, 0.3) is 5.91 Å². The quantitative estimate of drug-likeness (QED) is 0.372. The maximum Gasteiger partial charge on any atom is 0.306 e. The fourth-order valence-corrected chi connectivity index (χ4v) is 6.15. The molecule has 2 aliphatic rings. The number of aliphatic carboxylic acids is 1. The first-order valence-corrected chi connectivity index (χ1v) is 12.6. The van der Waals surface area contributed by atoms with Crippen molar-refractivity contribution in [3.05, 3.63) is 90.1 Å². The second kappa shape index (κ2) is 8.63. The summed E-state index contributed by atoms with van der Waals surface area (Å²) in [6, 6.07) is 24.6. The molecule has 2 fully saturated rings. The normalized spacial score (nSPS) is 23.6. The van der Waals surface area contributed by atoms with Crippen molar-refractivity contribution in [3.8, 4) is 11.1 Å². The molecule has 0 bridgehead atoms. The number of carbonyl (C=O) groups excluding carboxylic acids is 1. The van der Waals surface area contributed by atoms with Crippen LogP contribution in [0.15, 0.2) is 79.0 Å². The third-order valence-corrected chi connectivity index (χ3v) is 8.13. The van der Waals surface area contributed by atoms with Gasteiger partial charge in [0.2, 0.25) is 0 Å². The largest absolute Gasteiger partial charge is 0.481 e. The Morgan fingerprint density at radius 1 is 0.944 bits per heavy atom. The molecule has 6 heteroatoms. The van der Waals surface area contributed by atoms with Gasteiger partial charge in [0, 0.05) is 11.4 Å². The Morgan fingerprint density at radius 3 is 2.33 bits per heavy atom. The molecule has 2 saturated carbocycles. The highest BCUT2D eigenvalue weighted by Crippen LogP contribution is 2.58. The molecule has 3 aromatic carbocycles. The molecule has 0 aliphatic heterocycles. The van der Waals surface area contributed by atoms with E-state index in [4.69, 9.17) is 5.11 Å². The Kier molecular flexibility index (Phi) is 5.40. The second-order valence-electron chi connectivity index (χ2n) is 10.5. The molecule has 0 radical (unpaired) electrons. The maximum absolute atomic E-state index is 13.3. The molecule has 4 aromatic rings. The van der Waals surface area contributed by atoms with Gasteiger partial charge in [0.1, 0.15) is 0 Å². The fourth-order valence-electron chi connectivity index (χ4n) is 6.15. The lowest BCUT2D eigenvalue weighted by Crippen LogP contribution is -2.57. The molecular formula is C30H29N3O3.